The van der Waals surface area contributed by atoms with Gasteiger partial charge in [-0.05, 0) is 58.8 Å². The summed E-state index contributed by atoms with van der Waals surface area (Å²) in [4.78, 5) is 0. The van der Waals surface area contributed by atoms with Crippen LogP contribution >= 0.6 is 15.9 Å². The molecule has 2 unspecified atom stereocenters. The van der Waals surface area contributed by atoms with Gasteiger partial charge in [0.15, 0.2) is 0 Å². The van der Waals surface area contributed by atoms with E-state index in [4.69, 9.17) is 0 Å². The van der Waals surface area contributed by atoms with Crippen LogP contribution in [0.3, 0.4) is 0 Å². The number of hydrogen-bond acceptors (Lipinski definition) is 1. The lowest BCUT2D eigenvalue weighted by Crippen LogP contribution is -2.37. The van der Waals surface area contributed by atoms with E-state index in [1.807, 2.05) is 0 Å². The Labute approximate surface area is 135 Å². The minimum atomic E-state index is -0.161. The quantitative estimate of drug-likeness (QED) is 0.687. The van der Waals surface area contributed by atoms with Gasteiger partial charge < -0.3 is 5.32 Å². The predicted octanol–water partition coefficient (Wildman–Crippen LogP) is 6.14. The van der Waals surface area contributed by atoms with Crippen LogP contribution in [0.1, 0.15) is 57.8 Å². The van der Waals surface area contributed by atoms with E-state index in [9.17, 15) is 4.39 Å². The zero-order valence-electron chi connectivity index (χ0n) is 12.6. The Kier molecular flexibility index (Phi) is 5.20. The third kappa shape index (κ3) is 3.80. The van der Waals surface area contributed by atoms with Crippen molar-refractivity contribution in [2.45, 2.75) is 63.8 Å². The normalized spacial score (nSPS) is 27.5. The van der Waals surface area contributed by atoms with Gasteiger partial charge in [0.05, 0.1) is 5.69 Å². The first-order chi connectivity index (χ1) is 10.2. The summed E-state index contributed by atoms with van der Waals surface area (Å²) < 4.78 is 14.5. The lowest BCUT2D eigenvalue weighted by Gasteiger charge is -2.40. The molecule has 0 amide bonds. The Bertz CT molecular complexity index is 470. The molecule has 1 aromatic carbocycles. The molecular weight excluding hydrogens is 329 g/mol. The molecule has 2 saturated carbocycles. The van der Waals surface area contributed by atoms with Gasteiger partial charge in [0.25, 0.3) is 0 Å². The van der Waals surface area contributed by atoms with Crippen LogP contribution in [0.15, 0.2) is 22.7 Å². The molecule has 2 aliphatic rings. The van der Waals surface area contributed by atoms with Crippen molar-refractivity contribution in [1.29, 1.82) is 0 Å². The first-order valence-electron chi connectivity index (χ1n) is 8.45. The number of halogens is 2. The largest absolute Gasteiger partial charge is 0.381 e. The molecule has 0 heterocycles. The lowest BCUT2D eigenvalue weighted by atomic mass is 9.71. The molecule has 1 aromatic rings. The first kappa shape index (κ1) is 15.3. The maximum Gasteiger partial charge on any atom is 0.125 e. The molecule has 1 N–H and O–H groups in total. The zero-order chi connectivity index (χ0) is 14.7. The highest BCUT2D eigenvalue weighted by Gasteiger charge is 2.32. The van der Waals surface area contributed by atoms with Gasteiger partial charge in [0.1, 0.15) is 5.82 Å². The van der Waals surface area contributed by atoms with Crippen molar-refractivity contribution in [2.24, 2.45) is 11.8 Å². The van der Waals surface area contributed by atoms with E-state index in [1.165, 1.54) is 63.9 Å². The third-order valence-corrected chi connectivity index (χ3v) is 6.04. The van der Waals surface area contributed by atoms with E-state index in [-0.39, 0.29) is 5.82 Å². The van der Waals surface area contributed by atoms with Crippen molar-refractivity contribution in [3.8, 4) is 0 Å². The third-order valence-electron chi connectivity index (χ3n) is 5.34. The van der Waals surface area contributed by atoms with Crippen molar-refractivity contribution in [3.05, 3.63) is 28.5 Å². The highest BCUT2D eigenvalue weighted by Crippen LogP contribution is 2.40. The summed E-state index contributed by atoms with van der Waals surface area (Å²) in [5.74, 6) is 1.49. The van der Waals surface area contributed by atoms with E-state index < -0.39 is 0 Å². The van der Waals surface area contributed by atoms with Gasteiger partial charge in [-0.3, -0.25) is 0 Å². The van der Waals surface area contributed by atoms with Gasteiger partial charge in [0, 0.05) is 10.5 Å². The highest BCUT2D eigenvalue weighted by atomic mass is 79.9. The monoisotopic (exact) mass is 353 g/mol. The van der Waals surface area contributed by atoms with Crippen molar-refractivity contribution < 1.29 is 4.39 Å². The van der Waals surface area contributed by atoms with Gasteiger partial charge in [0.2, 0.25) is 0 Å². The number of rotatable bonds is 3. The fourth-order valence-corrected chi connectivity index (χ4v) is 4.63. The van der Waals surface area contributed by atoms with E-state index in [1.54, 1.807) is 12.1 Å². The minimum Gasteiger partial charge on any atom is -0.381 e. The molecule has 0 aliphatic heterocycles. The number of anilines is 1. The average molecular weight is 354 g/mol. The first-order valence-corrected chi connectivity index (χ1v) is 9.25. The van der Waals surface area contributed by atoms with Crippen molar-refractivity contribution >= 4 is 21.6 Å². The molecule has 2 fully saturated rings. The van der Waals surface area contributed by atoms with E-state index >= 15 is 0 Å². The van der Waals surface area contributed by atoms with Crippen LogP contribution in [0, 0.1) is 17.7 Å². The zero-order valence-corrected chi connectivity index (χ0v) is 14.2. The summed E-state index contributed by atoms with van der Waals surface area (Å²) in [5, 5.41) is 3.65. The smallest absolute Gasteiger partial charge is 0.125 e. The molecule has 0 spiro atoms. The molecule has 3 heteroatoms. The highest BCUT2D eigenvalue weighted by molar-refractivity contribution is 9.10. The fourth-order valence-electron chi connectivity index (χ4n) is 4.27. The van der Waals surface area contributed by atoms with Gasteiger partial charge >= 0.3 is 0 Å². The van der Waals surface area contributed by atoms with Crippen molar-refractivity contribution in [2.75, 3.05) is 5.32 Å². The molecule has 116 valence electrons. The van der Waals surface area contributed by atoms with Crippen molar-refractivity contribution in [1.82, 2.24) is 0 Å². The Morgan fingerprint density at radius 2 is 1.67 bits per heavy atom. The SMILES string of the molecule is Fc1ccc(Br)c(NC2CCCCC2C2CCCCC2)c1. The Balaban J connectivity index is 1.73. The minimum absolute atomic E-state index is 0.161. The number of nitrogens with one attached hydrogen (secondary N) is 1. The summed E-state index contributed by atoms with van der Waals surface area (Å²) in [6.07, 6.45) is 12.2. The number of hydrogen-bond donors (Lipinski definition) is 1. The maximum absolute atomic E-state index is 13.5. The van der Waals surface area contributed by atoms with Crippen LogP contribution in [-0.4, -0.2) is 6.04 Å². The standard InChI is InChI=1S/C18H25BrFN/c19-16-11-10-14(20)12-18(16)21-17-9-5-4-8-15(17)13-6-2-1-3-7-13/h10-13,15,17,21H,1-9H2. The van der Waals surface area contributed by atoms with Gasteiger partial charge in [-0.1, -0.05) is 44.9 Å². The van der Waals surface area contributed by atoms with Crippen LogP contribution in [0.25, 0.3) is 0 Å². The second kappa shape index (κ2) is 7.13. The predicted molar refractivity (Wildman–Crippen MR) is 90.0 cm³/mol. The molecule has 3 rings (SSSR count). The fraction of sp³-hybridized carbons (Fsp3) is 0.667. The Morgan fingerprint density at radius 3 is 2.48 bits per heavy atom. The van der Waals surface area contributed by atoms with E-state index in [0.717, 1.165) is 22.0 Å². The summed E-state index contributed by atoms with van der Waals surface area (Å²) >= 11 is 3.54. The summed E-state index contributed by atoms with van der Waals surface area (Å²) in [6, 6.07) is 5.45. The molecule has 2 atom stereocenters. The molecule has 21 heavy (non-hydrogen) atoms. The van der Waals surface area contributed by atoms with Crippen LogP contribution in [0.2, 0.25) is 0 Å². The van der Waals surface area contributed by atoms with Gasteiger partial charge in [-0.2, -0.15) is 0 Å². The molecule has 0 radical (unpaired) electrons. The molecule has 0 saturated heterocycles. The summed E-state index contributed by atoms with van der Waals surface area (Å²) in [7, 11) is 0. The lowest BCUT2D eigenvalue weighted by molar-refractivity contribution is 0.180. The van der Waals surface area contributed by atoms with Crippen LogP contribution in [-0.2, 0) is 0 Å². The molecule has 1 nitrogen and oxygen atoms in total. The van der Waals surface area contributed by atoms with Gasteiger partial charge in [-0.15, -0.1) is 0 Å². The molecule has 0 bridgehead atoms. The van der Waals surface area contributed by atoms with E-state index in [2.05, 4.69) is 21.2 Å². The molecular formula is C18H25BrFN. The van der Waals surface area contributed by atoms with Crippen LogP contribution in [0.4, 0.5) is 10.1 Å². The maximum atomic E-state index is 13.5. The van der Waals surface area contributed by atoms with Crippen LogP contribution < -0.4 is 5.32 Å². The Hall–Kier alpha value is -0.570. The van der Waals surface area contributed by atoms with Crippen molar-refractivity contribution in [3.63, 3.8) is 0 Å². The number of benzene rings is 1. The molecule has 2 aliphatic carbocycles. The Morgan fingerprint density at radius 1 is 0.952 bits per heavy atom. The topological polar surface area (TPSA) is 12.0 Å². The summed E-state index contributed by atoms with van der Waals surface area (Å²) in [5.41, 5.74) is 0.919. The summed E-state index contributed by atoms with van der Waals surface area (Å²) in [6.45, 7) is 0. The van der Waals surface area contributed by atoms with Gasteiger partial charge in [-0.25, -0.2) is 4.39 Å². The van der Waals surface area contributed by atoms with Crippen LogP contribution in [0.5, 0.6) is 0 Å². The molecule has 0 aromatic heterocycles. The second-order valence-corrected chi connectivity index (χ2v) is 7.58. The average Bonchev–Trinajstić information content (AvgIpc) is 2.52. The second-order valence-electron chi connectivity index (χ2n) is 6.72. The van der Waals surface area contributed by atoms with E-state index in [0.29, 0.717) is 6.04 Å².